The Bertz CT molecular complexity index is 1410. The molecule has 3 aromatic heterocycles. The van der Waals surface area contributed by atoms with Crippen LogP contribution in [0.1, 0.15) is 68.4 Å². The zero-order valence-corrected chi connectivity index (χ0v) is 21.4. The highest BCUT2D eigenvalue weighted by Crippen LogP contribution is 2.38. The van der Waals surface area contributed by atoms with Gasteiger partial charge in [0, 0.05) is 18.6 Å². The molecule has 0 bridgehead atoms. The molecule has 0 saturated carbocycles. The van der Waals surface area contributed by atoms with Crippen LogP contribution in [0.5, 0.6) is 5.75 Å². The van der Waals surface area contributed by atoms with E-state index in [-0.39, 0.29) is 30.2 Å². The Balaban J connectivity index is 1.31. The van der Waals surface area contributed by atoms with Gasteiger partial charge in [0.05, 0.1) is 17.9 Å². The van der Waals surface area contributed by atoms with Crippen molar-refractivity contribution in [3.8, 4) is 5.75 Å². The Morgan fingerprint density at radius 3 is 2.70 bits per heavy atom. The molecule has 0 radical (unpaired) electrons. The molecule has 1 aromatic carbocycles. The first-order chi connectivity index (χ1) is 17.8. The lowest BCUT2D eigenvalue weighted by atomic mass is 9.85. The summed E-state index contributed by atoms with van der Waals surface area (Å²) in [5.74, 6) is 1.71. The lowest BCUT2D eigenvalue weighted by Gasteiger charge is -2.32. The summed E-state index contributed by atoms with van der Waals surface area (Å²) in [5.41, 5.74) is 3.49. The van der Waals surface area contributed by atoms with E-state index in [4.69, 9.17) is 9.47 Å². The molecule has 0 fully saturated rings. The average molecular weight is 502 g/mol. The van der Waals surface area contributed by atoms with Crippen LogP contribution in [0, 0.1) is 0 Å². The molecule has 37 heavy (non-hydrogen) atoms. The van der Waals surface area contributed by atoms with Gasteiger partial charge >= 0.3 is 6.03 Å². The molecular weight excluding hydrogens is 470 g/mol. The number of rotatable bonds is 6. The number of nitrogens with one attached hydrogen (secondary N) is 2. The van der Waals surface area contributed by atoms with Crippen molar-refractivity contribution in [3.63, 3.8) is 0 Å². The second-order valence-corrected chi connectivity index (χ2v) is 10.2. The number of methoxy groups -OCH3 is 1. The van der Waals surface area contributed by atoms with Gasteiger partial charge in [-0.3, -0.25) is 9.72 Å². The molecule has 4 aromatic rings. The zero-order valence-electron chi connectivity index (χ0n) is 21.4. The van der Waals surface area contributed by atoms with Crippen LogP contribution in [0.4, 0.5) is 10.6 Å². The van der Waals surface area contributed by atoms with Crippen molar-refractivity contribution in [3.05, 3.63) is 77.6 Å². The van der Waals surface area contributed by atoms with Gasteiger partial charge in [0.25, 0.3) is 0 Å². The van der Waals surface area contributed by atoms with Crippen molar-refractivity contribution in [1.29, 1.82) is 0 Å². The number of amides is 2. The van der Waals surface area contributed by atoms with E-state index < -0.39 is 0 Å². The molecule has 0 spiro atoms. The summed E-state index contributed by atoms with van der Waals surface area (Å²) in [5, 5.41) is 14.0. The minimum atomic E-state index is -0.320. The van der Waals surface area contributed by atoms with Crippen LogP contribution in [0.15, 0.2) is 55.0 Å². The SMILES string of the molecule is COCc1nc(NC(=O)N[C@H]2CC[C@@H](Oc3ccc4nncn4c3)c3ccccc32)cc(C(C)(C)C)n1. The van der Waals surface area contributed by atoms with Gasteiger partial charge in [-0.25, -0.2) is 14.8 Å². The normalized spacial score (nSPS) is 17.3. The number of carbonyl (C=O) groups is 1. The van der Waals surface area contributed by atoms with Crippen LogP contribution >= 0.6 is 0 Å². The van der Waals surface area contributed by atoms with E-state index in [1.165, 1.54) is 0 Å². The summed E-state index contributed by atoms with van der Waals surface area (Å²) in [6.07, 6.45) is 4.88. The predicted octanol–water partition coefficient (Wildman–Crippen LogP) is 4.74. The predicted molar refractivity (Wildman–Crippen MR) is 138 cm³/mol. The maximum atomic E-state index is 13.0. The second-order valence-electron chi connectivity index (χ2n) is 10.2. The lowest BCUT2D eigenvalue weighted by Crippen LogP contribution is -2.36. The number of benzene rings is 1. The molecular formula is C27H31N7O3. The van der Waals surface area contributed by atoms with Gasteiger partial charge < -0.3 is 14.8 Å². The van der Waals surface area contributed by atoms with Crippen LogP contribution in [-0.2, 0) is 16.8 Å². The minimum absolute atomic E-state index is 0.126. The number of nitrogens with zero attached hydrogens (tertiary/aromatic N) is 5. The van der Waals surface area contributed by atoms with E-state index in [1.807, 2.05) is 47.0 Å². The van der Waals surface area contributed by atoms with Gasteiger partial charge in [-0.05, 0) is 36.1 Å². The smallest absolute Gasteiger partial charge is 0.320 e. The van der Waals surface area contributed by atoms with Crippen LogP contribution in [-0.4, -0.2) is 37.7 Å². The molecule has 2 atom stereocenters. The summed E-state index contributed by atoms with van der Waals surface area (Å²) < 4.78 is 13.4. The number of aromatic nitrogens is 5. The number of pyridine rings is 1. The quantitative estimate of drug-likeness (QED) is 0.392. The van der Waals surface area contributed by atoms with Gasteiger partial charge in [-0.2, -0.15) is 0 Å². The highest BCUT2D eigenvalue weighted by Gasteiger charge is 2.29. The van der Waals surface area contributed by atoms with Gasteiger partial charge in [0.1, 0.15) is 30.6 Å². The number of urea groups is 1. The fourth-order valence-electron chi connectivity index (χ4n) is 4.51. The van der Waals surface area contributed by atoms with Gasteiger partial charge in [0.15, 0.2) is 11.5 Å². The largest absolute Gasteiger partial charge is 0.484 e. The molecule has 192 valence electrons. The van der Waals surface area contributed by atoms with Gasteiger partial charge in [-0.1, -0.05) is 45.0 Å². The summed E-state index contributed by atoms with van der Waals surface area (Å²) >= 11 is 0. The highest BCUT2D eigenvalue weighted by molar-refractivity contribution is 5.88. The fraction of sp³-hybridized carbons (Fsp3) is 0.370. The van der Waals surface area contributed by atoms with E-state index in [0.717, 1.165) is 41.1 Å². The number of hydrogen-bond acceptors (Lipinski definition) is 7. The Labute approximate surface area is 215 Å². The topological polar surface area (TPSA) is 116 Å². The second kappa shape index (κ2) is 10.1. The van der Waals surface area contributed by atoms with Crippen molar-refractivity contribution in [2.75, 3.05) is 12.4 Å². The van der Waals surface area contributed by atoms with Gasteiger partial charge in [0.2, 0.25) is 0 Å². The molecule has 0 saturated heterocycles. The minimum Gasteiger partial charge on any atom is -0.484 e. The summed E-state index contributed by atoms with van der Waals surface area (Å²) in [6, 6.07) is 13.2. The molecule has 0 aliphatic heterocycles. The van der Waals surface area contributed by atoms with E-state index in [9.17, 15) is 4.79 Å². The molecule has 2 N–H and O–H groups in total. The molecule has 5 rings (SSSR count). The third-order valence-corrected chi connectivity index (χ3v) is 6.34. The first-order valence-corrected chi connectivity index (χ1v) is 12.3. The average Bonchev–Trinajstić information content (AvgIpc) is 3.33. The monoisotopic (exact) mass is 501 g/mol. The van der Waals surface area contributed by atoms with E-state index >= 15 is 0 Å². The number of ether oxygens (including phenoxy) is 2. The molecule has 10 heteroatoms. The molecule has 0 unspecified atom stereocenters. The molecule has 1 aliphatic carbocycles. The van der Waals surface area contributed by atoms with Crippen molar-refractivity contribution in [2.24, 2.45) is 0 Å². The third kappa shape index (κ3) is 5.54. The molecule has 2 amide bonds. The third-order valence-electron chi connectivity index (χ3n) is 6.34. The van der Waals surface area contributed by atoms with E-state index in [2.05, 4.69) is 57.6 Å². The fourth-order valence-corrected chi connectivity index (χ4v) is 4.51. The van der Waals surface area contributed by atoms with E-state index in [0.29, 0.717) is 11.6 Å². The Hall–Kier alpha value is -4.05. The zero-order chi connectivity index (χ0) is 26.0. The number of fused-ring (bicyclic) bond motifs is 2. The van der Waals surface area contributed by atoms with Crippen LogP contribution < -0.4 is 15.4 Å². The molecule has 1 aliphatic rings. The Morgan fingerprint density at radius 1 is 1.11 bits per heavy atom. The van der Waals surface area contributed by atoms with Crippen molar-refractivity contribution in [1.82, 2.24) is 29.9 Å². The van der Waals surface area contributed by atoms with Crippen molar-refractivity contribution in [2.45, 2.75) is 57.8 Å². The van der Waals surface area contributed by atoms with E-state index in [1.54, 1.807) is 13.4 Å². The van der Waals surface area contributed by atoms with Crippen molar-refractivity contribution < 1.29 is 14.3 Å². The lowest BCUT2D eigenvalue weighted by molar-refractivity contribution is 0.171. The highest BCUT2D eigenvalue weighted by atomic mass is 16.5. The number of carbonyl (C=O) groups excluding carboxylic acids is 1. The Morgan fingerprint density at radius 2 is 1.92 bits per heavy atom. The standard InChI is InChI=1S/C27H31N7O3/c1-27(2,3)22-13-23(31-24(30-22)15-36-4)32-26(35)29-20-10-11-21(19-8-6-5-7-18(19)20)37-17-9-12-25-33-28-16-34(25)14-17/h5-9,12-14,16,20-21H,10-11,15H2,1-4H3,(H2,29,30,31,32,35)/t20-,21+/m0/s1. The van der Waals surface area contributed by atoms with Crippen molar-refractivity contribution >= 4 is 17.5 Å². The summed E-state index contributed by atoms with van der Waals surface area (Å²) in [4.78, 5) is 22.1. The molecule has 3 heterocycles. The first-order valence-electron chi connectivity index (χ1n) is 12.3. The number of hydrogen-bond donors (Lipinski definition) is 2. The summed E-state index contributed by atoms with van der Waals surface area (Å²) in [7, 11) is 1.59. The maximum absolute atomic E-state index is 13.0. The summed E-state index contributed by atoms with van der Waals surface area (Å²) in [6.45, 7) is 6.47. The van der Waals surface area contributed by atoms with Crippen LogP contribution in [0.25, 0.3) is 5.65 Å². The number of anilines is 1. The van der Waals surface area contributed by atoms with Gasteiger partial charge in [-0.15, -0.1) is 10.2 Å². The maximum Gasteiger partial charge on any atom is 0.320 e. The Kier molecular flexibility index (Phi) is 6.75. The first kappa shape index (κ1) is 24.6. The molecule has 10 nitrogen and oxygen atoms in total. The van der Waals surface area contributed by atoms with Crippen LogP contribution in [0.2, 0.25) is 0 Å². The van der Waals surface area contributed by atoms with Crippen LogP contribution in [0.3, 0.4) is 0 Å².